The van der Waals surface area contributed by atoms with Gasteiger partial charge in [0.1, 0.15) is 0 Å². The number of urea groups is 1. The molecule has 2 aromatic rings. The van der Waals surface area contributed by atoms with E-state index in [4.69, 9.17) is 0 Å². The van der Waals surface area contributed by atoms with Gasteiger partial charge in [-0.1, -0.05) is 18.2 Å². The van der Waals surface area contributed by atoms with E-state index >= 15 is 0 Å². The number of nitrogens with one attached hydrogen (secondary N) is 1. The number of hydrogen-bond acceptors (Lipinski definition) is 3. The van der Waals surface area contributed by atoms with E-state index < -0.39 is 0 Å². The Hall–Kier alpha value is -2.63. The number of likely N-dealkylation sites (tertiary alicyclic amines) is 1. The molecule has 130 valence electrons. The van der Waals surface area contributed by atoms with Crippen molar-refractivity contribution in [3.05, 3.63) is 41.6 Å². The van der Waals surface area contributed by atoms with Gasteiger partial charge in [0.2, 0.25) is 0 Å². The van der Waals surface area contributed by atoms with Crippen LogP contribution in [0.4, 0.5) is 4.79 Å². The number of pyridine rings is 1. The number of carbonyl (C=O) groups excluding carboxylic acids is 2. The third-order valence-electron chi connectivity index (χ3n) is 5.16. The third kappa shape index (κ3) is 2.92. The van der Waals surface area contributed by atoms with Gasteiger partial charge in [0.05, 0.1) is 22.8 Å². The number of rotatable bonds is 2. The molecule has 1 aromatic heterocycles. The Morgan fingerprint density at radius 3 is 2.92 bits per heavy atom. The second-order valence-electron chi connectivity index (χ2n) is 6.79. The fourth-order valence-electron chi connectivity index (χ4n) is 3.83. The van der Waals surface area contributed by atoms with Crippen molar-refractivity contribution in [3.8, 4) is 0 Å². The smallest absolute Gasteiger partial charge is 0.317 e. The summed E-state index contributed by atoms with van der Waals surface area (Å²) >= 11 is 0. The number of carbonyl (C=O) groups is 2. The van der Waals surface area contributed by atoms with Crippen LogP contribution < -0.4 is 5.32 Å². The molecule has 2 aliphatic rings. The zero-order valence-corrected chi connectivity index (χ0v) is 14.4. The van der Waals surface area contributed by atoms with Crippen LogP contribution >= 0.6 is 0 Å². The molecule has 2 fully saturated rings. The van der Waals surface area contributed by atoms with Crippen molar-refractivity contribution in [3.63, 3.8) is 0 Å². The van der Waals surface area contributed by atoms with Crippen LogP contribution in [-0.4, -0.2) is 58.9 Å². The van der Waals surface area contributed by atoms with Gasteiger partial charge in [-0.25, -0.2) is 4.79 Å². The first kappa shape index (κ1) is 15.9. The minimum atomic E-state index is -0.0112. The predicted molar refractivity (Wildman–Crippen MR) is 95.5 cm³/mol. The van der Waals surface area contributed by atoms with Gasteiger partial charge in [0.25, 0.3) is 5.91 Å². The van der Waals surface area contributed by atoms with E-state index in [1.807, 2.05) is 47.1 Å². The summed E-state index contributed by atoms with van der Waals surface area (Å²) in [5.74, 6) is 0.0139. The van der Waals surface area contributed by atoms with Crippen LogP contribution in [0.1, 0.15) is 28.9 Å². The predicted octanol–water partition coefficient (Wildman–Crippen LogP) is 2.17. The molecule has 0 radical (unpaired) electrons. The van der Waals surface area contributed by atoms with E-state index in [1.165, 1.54) is 0 Å². The monoisotopic (exact) mass is 338 g/mol. The van der Waals surface area contributed by atoms with Crippen LogP contribution in [0.5, 0.6) is 0 Å². The number of piperidine rings is 1. The number of amides is 3. The highest BCUT2D eigenvalue weighted by atomic mass is 16.2. The van der Waals surface area contributed by atoms with Gasteiger partial charge in [-0.3, -0.25) is 9.78 Å². The van der Waals surface area contributed by atoms with E-state index in [9.17, 15) is 9.59 Å². The summed E-state index contributed by atoms with van der Waals surface area (Å²) in [7, 11) is 0. The van der Waals surface area contributed by atoms with Crippen LogP contribution in [0.3, 0.4) is 0 Å². The van der Waals surface area contributed by atoms with Gasteiger partial charge >= 0.3 is 6.03 Å². The number of benzene rings is 1. The van der Waals surface area contributed by atoms with E-state index in [-0.39, 0.29) is 18.0 Å². The second-order valence-corrected chi connectivity index (χ2v) is 6.79. The first-order valence-electron chi connectivity index (χ1n) is 8.83. The van der Waals surface area contributed by atoms with E-state index in [0.717, 1.165) is 42.5 Å². The normalized spacial score (nSPS) is 20.8. The molecule has 0 bridgehead atoms. The zero-order valence-electron chi connectivity index (χ0n) is 14.4. The van der Waals surface area contributed by atoms with Crippen molar-refractivity contribution < 1.29 is 9.59 Å². The molecule has 4 rings (SSSR count). The summed E-state index contributed by atoms with van der Waals surface area (Å²) < 4.78 is 0. The average molecular weight is 338 g/mol. The van der Waals surface area contributed by atoms with E-state index in [2.05, 4.69) is 10.3 Å². The molecule has 1 atom stereocenters. The standard InChI is InChI=1S/C19H22N4O2/c1-13-16(11-14-5-2-3-7-17(14)21-13)18(24)22-9-4-6-15(12-22)23-10-8-20-19(23)25/h2-3,5,7,11,15H,4,6,8-10,12H2,1H3,(H,20,25). The van der Waals surface area contributed by atoms with Gasteiger partial charge in [-0.2, -0.15) is 0 Å². The Bertz CT molecular complexity index is 835. The number of para-hydroxylation sites is 1. The van der Waals surface area contributed by atoms with Crippen molar-refractivity contribution in [2.24, 2.45) is 0 Å². The van der Waals surface area contributed by atoms with Gasteiger partial charge in [-0.05, 0) is 31.9 Å². The van der Waals surface area contributed by atoms with Gasteiger partial charge < -0.3 is 15.1 Å². The number of nitrogens with zero attached hydrogens (tertiary/aromatic N) is 3. The summed E-state index contributed by atoms with van der Waals surface area (Å²) in [6.07, 6.45) is 1.87. The van der Waals surface area contributed by atoms with Crippen molar-refractivity contribution >= 4 is 22.8 Å². The molecule has 3 amide bonds. The highest BCUT2D eigenvalue weighted by Crippen LogP contribution is 2.22. The summed E-state index contributed by atoms with van der Waals surface area (Å²) in [5, 5.41) is 3.82. The lowest BCUT2D eigenvalue weighted by Crippen LogP contribution is -2.50. The lowest BCUT2D eigenvalue weighted by molar-refractivity contribution is 0.0633. The molecule has 2 aliphatic heterocycles. The molecule has 1 unspecified atom stereocenters. The molecule has 1 N–H and O–H groups in total. The number of aryl methyl sites for hydroxylation is 1. The largest absolute Gasteiger partial charge is 0.337 e. The maximum atomic E-state index is 13.1. The fraction of sp³-hybridized carbons (Fsp3) is 0.421. The molecular formula is C19H22N4O2. The van der Waals surface area contributed by atoms with Crippen LogP contribution in [0.25, 0.3) is 10.9 Å². The van der Waals surface area contributed by atoms with Crippen molar-refractivity contribution in [2.45, 2.75) is 25.8 Å². The van der Waals surface area contributed by atoms with Crippen LogP contribution in [-0.2, 0) is 0 Å². The van der Waals surface area contributed by atoms with E-state index in [1.54, 1.807) is 0 Å². The van der Waals surface area contributed by atoms with Gasteiger partial charge in [0, 0.05) is 31.6 Å². The minimum Gasteiger partial charge on any atom is -0.337 e. The Morgan fingerprint density at radius 2 is 2.12 bits per heavy atom. The van der Waals surface area contributed by atoms with Crippen LogP contribution in [0.15, 0.2) is 30.3 Å². The highest BCUT2D eigenvalue weighted by molar-refractivity contribution is 5.98. The summed E-state index contributed by atoms with van der Waals surface area (Å²) in [6, 6.07) is 9.87. The third-order valence-corrected chi connectivity index (χ3v) is 5.16. The lowest BCUT2D eigenvalue weighted by Gasteiger charge is -2.37. The molecule has 2 saturated heterocycles. The van der Waals surface area contributed by atoms with Crippen LogP contribution in [0, 0.1) is 6.92 Å². The molecule has 6 nitrogen and oxygen atoms in total. The second kappa shape index (κ2) is 6.35. The fourth-order valence-corrected chi connectivity index (χ4v) is 3.83. The lowest BCUT2D eigenvalue weighted by atomic mass is 10.0. The molecule has 0 saturated carbocycles. The molecule has 6 heteroatoms. The maximum absolute atomic E-state index is 13.1. The van der Waals surface area contributed by atoms with Gasteiger partial charge in [0.15, 0.2) is 0 Å². The molecular weight excluding hydrogens is 316 g/mol. The molecule has 0 aliphatic carbocycles. The Balaban J connectivity index is 1.58. The quantitative estimate of drug-likeness (QED) is 0.913. The Kier molecular flexibility index (Phi) is 4.03. The zero-order chi connectivity index (χ0) is 17.4. The molecule has 1 aromatic carbocycles. The topological polar surface area (TPSA) is 65.5 Å². The number of fused-ring (bicyclic) bond motifs is 1. The Labute approximate surface area is 146 Å². The Morgan fingerprint density at radius 1 is 1.28 bits per heavy atom. The highest BCUT2D eigenvalue weighted by Gasteiger charge is 2.33. The van der Waals surface area contributed by atoms with Crippen molar-refractivity contribution in [1.82, 2.24) is 20.1 Å². The molecule has 25 heavy (non-hydrogen) atoms. The summed E-state index contributed by atoms with van der Waals surface area (Å²) in [6.45, 7) is 4.63. The summed E-state index contributed by atoms with van der Waals surface area (Å²) in [5.41, 5.74) is 2.32. The minimum absolute atomic E-state index is 0.0112. The number of aromatic nitrogens is 1. The molecule has 3 heterocycles. The SMILES string of the molecule is Cc1nc2ccccc2cc1C(=O)N1CCCC(N2CCNC2=O)C1. The summed E-state index contributed by atoms with van der Waals surface area (Å²) in [4.78, 5) is 33.3. The maximum Gasteiger partial charge on any atom is 0.317 e. The first-order valence-corrected chi connectivity index (χ1v) is 8.83. The van der Waals surface area contributed by atoms with Crippen molar-refractivity contribution in [1.29, 1.82) is 0 Å². The molecule has 0 spiro atoms. The number of hydrogen-bond donors (Lipinski definition) is 1. The average Bonchev–Trinajstić information content (AvgIpc) is 3.06. The van der Waals surface area contributed by atoms with Crippen molar-refractivity contribution in [2.75, 3.05) is 26.2 Å². The van der Waals surface area contributed by atoms with E-state index in [0.29, 0.717) is 18.7 Å². The first-order chi connectivity index (χ1) is 12.1. The van der Waals surface area contributed by atoms with Crippen LogP contribution in [0.2, 0.25) is 0 Å². The van der Waals surface area contributed by atoms with Gasteiger partial charge in [-0.15, -0.1) is 0 Å².